The van der Waals surface area contributed by atoms with Crippen molar-refractivity contribution in [3.8, 4) is 5.75 Å². The number of likely N-dealkylation sites (N-methyl/N-ethyl adjacent to an activating group) is 1. The Kier molecular flexibility index (Phi) is 6.34. The molecule has 1 atom stereocenters. The van der Waals surface area contributed by atoms with Crippen LogP contribution in [0.1, 0.15) is 38.7 Å². The van der Waals surface area contributed by atoms with E-state index in [9.17, 15) is 0 Å². The Bertz CT molecular complexity index is 394. The molecule has 1 saturated heterocycles. The number of benzene rings is 1. The summed E-state index contributed by atoms with van der Waals surface area (Å²) in [6.45, 7) is 9.60. The number of nitrogens with zero attached hydrogens (tertiary/aromatic N) is 1. The molecule has 0 aliphatic carbocycles. The first-order valence-electron chi connectivity index (χ1n) is 8.00. The zero-order chi connectivity index (χ0) is 14.2. The minimum atomic E-state index is 0.712. The number of hydrogen-bond donors (Lipinski definition) is 1. The number of para-hydroxylation sites is 1. The molecule has 1 aromatic carbocycles. The summed E-state index contributed by atoms with van der Waals surface area (Å²) in [5.41, 5.74) is 1.27. The first-order valence-corrected chi connectivity index (χ1v) is 8.00. The van der Waals surface area contributed by atoms with Gasteiger partial charge in [0.25, 0.3) is 0 Å². The molecule has 1 aromatic rings. The fraction of sp³-hybridized carbons (Fsp3) is 0.647. The molecule has 0 saturated carbocycles. The fourth-order valence-corrected chi connectivity index (χ4v) is 2.92. The molecule has 0 bridgehead atoms. The molecule has 1 aliphatic rings. The lowest BCUT2D eigenvalue weighted by molar-refractivity contribution is 0.259. The smallest absolute Gasteiger partial charge is 0.123 e. The maximum absolute atomic E-state index is 5.80. The Morgan fingerprint density at radius 3 is 2.95 bits per heavy atom. The van der Waals surface area contributed by atoms with E-state index in [0.717, 1.165) is 31.9 Å². The lowest BCUT2D eigenvalue weighted by Gasteiger charge is -2.23. The molecule has 1 N–H and O–H groups in total. The second kappa shape index (κ2) is 8.28. The first-order chi connectivity index (χ1) is 9.85. The molecule has 20 heavy (non-hydrogen) atoms. The molecule has 0 spiro atoms. The molecule has 0 aromatic heterocycles. The van der Waals surface area contributed by atoms with Crippen molar-refractivity contribution >= 4 is 0 Å². The van der Waals surface area contributed by atoms with Gasteiger partial charge in [-0.3, -0.25) is 4.90 Å². The van der Waals surface area contributed by atoms with Gasteiger partial charge in [-0.2, -0.15) is 0 Å². The van der Waals surface area contributed by atoms with E-state index in [1.807, 2.05) is 6.07 Å². The van der Waals surface area contributed by atoms with E-state index in [1.54, 1.807) is 0 Å². The third kappa shape index (κ3) is 4.22. The number of ether oxygens (including phenoxy) is 1. The first kappa shape index (κ1) is 15.3. The van der Waals surface area contributed by atoms with Crippen LogP contribution in [0, 0.1) is 0 Å². The van der Waals surface area contributed by atoms with E-state index in [4.69, 9.17) is 4.74 Å². The van der Waals surface area contributed by atoms with Gasteiger partial charge in [0.15, 0.2) is 0 Å². The molecule has 1 aliphatic heterocycles. The highest BCUT2D eigenvalue weighted by atomic mass is 16.5. The number of likely N-dealkylation sites (tertiary alicyclic amines) is 1. The lowest BCUT2D eigenvalue weighted by Crippen LogP contribution is -2.37. The van der Waals surface area contributed by atoms with Gasteiger partial charge < -0.3 is 10.1 Å². The van der Waals surface area contributed by atoms with Gasteiger partial charge in [0.1, 0.15) is 5.75 Å². The number of nitrogens with one attached hydrogen (secondary N) is 1. The maximum atomic E-state index is 5.80. The van der Waals surface area contributed by atoms with E-state index in [0.29, 0.717) is 6.04 Å². The van der Waals surface area contributed by atoms with Crippen LogP contribution < -0.4 is 10.1 Å². The standard InChI is InChI=1S/C17H28N2O/c1-3-12-20-17-10-6-5-8-15(17)13-18-14-16-9-7-11-19(16)4-2/h5-6,8,10,16,18H,3-4,7,9,11-14H2,1-2H3/t16-/m1/s1. The second-order valence-electron chi connectivity index (χ2n) is 5.51. The normalized spacial score (nSPS) is 19.4. The predicted octanol–water partition coefficient (Wildman–Crippen LogP) is 3.05. The minimum absolute atomic E-state index is 0.712. The van der Waals surface area contributed by atoms with Gasteiger partial charge in [-0.15, -0.1) is 0 Å². The van der Waals surface area contributed by atoms with Crippen LogP contribution in [0.5, 0.6) is 5.75 Å². The van der Waals surface area contributed by atoms with Crippen LogP contribution >= 0.6 is 0 Å². The van der Waals surface area contributed by atoms with Gasteiger partial charge in [0, 0.05) is 24.7 Å². The minimum Gasteiger partial charge on any atom is -0.493 e. The molecular formula is C17H28N2O. The van der Waals surface area contributed by atoms with Crippen molar-refractivity contribution in [1.29, 1.82) is 0 Å². The molecule has 3 heteroatoms. The average Bonchev–Trinajstić information content (AvgIpc) is 2.94. The topological polar surface area (TPSA) is 24.5 Å². The summed E-state index contributed by atoms with van der Waals surface area (Å²) >= 11 is 0. The summed E-state index contributed by atoms with van der Waals surface area (Å²) < 4.78 is 5.80. The van der Waals surface area contributed by atoms with Gasteiger partial charge in [0.2, 0.25) is 0 Å². The Labute approximate surface area is 123 Å². The Hall–Kier alpha value is -1.06. The van der Waals surface area contributed by atoms with Crippen molar-refractivity contribution < 1.29 is 4.74 Å². The molecule has 1 heterocycles. The van der Waals surface area contributed by atoms with Crippen LogP contribution in [0.4, 0.5) is 0 Å². The SMILES string of the molecule is CCCOc1ccccc1CNC[C@H]1CCCN1CC. The van der Waals surface area contributed by atoms with Crippen LogP contribution in [-0.4, -0.2) is 37.2 Å². The molecule has 0 radical (unpaired) electrons. The maximum Gasteiger partial charge on any atom is 0.123 e. The lowest BCUT2D eigenvalue weighted by atomic mass is 10.2. The third-order valence-electron chi connectivity index (χ3n) is 4.03. The third-order valence-corrected chi connectivity index (χ3v) is 4.03. The zero-order valence-electron chi connectivity index (χ0n) is 12.9. The zero-order valence-corrected chi connectivity index (χ0v) is 12.9. The van der Waals surface area contributed by atoms with Crippen molar-refractivity contribution in [2.45, 2.75) is 45.7 Å². The van der Waals surface area contributed by atoms with Crippen LogP contribution in [0.25, 0.3) is 0 Å². The molecule has 1 fully saturated rings. The van der Waals surface area contributed by atoms with Crippen molar-refractivity contribution in [1.82, 2.24) is 10.2 Å². The predicted molar refractivity (Wildman–Crippen MR) is 84.2 cm³/mol. The number of hydrogen-bond acceptors (Lipinski definition) is 3. The van der Waals surface area contributed by atoms with E-state index >= 15 is 0 Å². The van der Waals surface area contributed by atoms with Crippen molar-refractivity contribution in [2.75, 3.05) is 26.2 Å². The van der Waals surface area contributed by atoms with Crippen LogP contribution in [0.3, 0.4) is 0 Å². The molecular weight excluding hydrogens is 248 g/mol. The Morgan fingerprint density at radius 1 is 1.30 bits per heavy atom. The van der Waals surface area contributed by atoms with Crippen molar-refractivity contribution in [2.24, 2.45) is 0 Å². The molecule has 112 valence electrons. The summed E-state index contributed by atoms with van der Waals surface area (Å²) in [5, 5.41) is 3.60. The van der Waals surface area contributed by atoms with Gasteiger partial charge >= 0.3 is 0 Å². The highest BCUT2D eigenvalue weighted by Crippen LogP contribution is 2.19. The van der Waals surface area contributed by atoms with Crippen molar-refractivity contribution in [3.63, 3.8) is 0 Å². The highest BCUT2D eigenvalue weighted by Gasteiger charge is 2.22. The largest absolute Gasteiger partial charge is 0.493 e. The van der Waals surface area contributed by atoms with Gasteiger partial charge in [-0.1, -0.05) is 32.0 Å². The second-order valence-corrected chi connectivity index (χ2v) is 5.51. The Balaban J connectivity index is 1.81. The molecule has 3 nitrogen and oxygen atoms in total. The van der Waals surface area contributed by atoms with Gasteiger partial charge in [0.05, 0.1) is 6.61 Å². The molecule has 2 rings (SSSR count). The quantitative estimate of drug-likeness (QED) is 0.790. The number of rotatable bonds is 8. The average molecular weight is 276 g/mol. The summed E-state index contributed by atoms with van der Waals surface area (Å²) in [4.78, 5) is 2.58. The van der Waals surface area contributed by atoms with Gasteiger partial charge in [-0.05, 0) is 38.4 Å². The van der Waals surface area contributed by atoms with Crippen molar-refractivity contribution in [3.05, 3.63) is 29.8 Å². The fourth-order valence-electron chi connectivity index (χ4n) is 2.92. The molecule has 0 unspecified atom stereocenters. The summed E-state index contributed by atoms with van der Waals surface area (Å²) in [6.07, 6.45) is 3.72. The van der Waals surface area contributed by atoms with E-state index < -0.39 is 0 Å². The summed E-state index contributed by atoms with van der Waals surface area (Å²) in [6, 6.07) is 9.07. The summed E-state index contributed by atoms with van der Waals surface area (Å²) in [7, 11) is 0. The van der Waals surface area contributed by atoms with E-state index in [2.05, 4.69) is 42.3 Å². The molecule has 0 amide bonds. The van der Waals surface area contributed by atoms with E-state index in [-0.39, 0.29) is 0 Å². The highest BCUT2D eigenvalue weighted by molar-refractivity contribution is 5.33. The Morgan fingerprint density at radius 2 is 2.15 bits per heavy atom. The van der Waals surface area contributed by atoms with Crippen LogP contribution in [0.15, 0.2) is 24.3 Å². The van der Waals surface area contributed by atoms with Crippen LogP contribution in [0.2, 0.25) is 0 Å². The monoisotopic (exact) mass is 276 g/mol. The van der Waals surface area contributed by atoms with Gasteiger partial charge in [-0.25, -0.2) is 0 Å². The van der Waals surface area contributed by atoms with E-state index in [1.165, 1.54) is 31.5 Å². The summed E-state index contributed by atoms with van der Waals surface area (Å²) in [5.74, 6) is 1.03. The van der Waals surface area contributed by atoms with Crippen LogP contribution in [-0.2, 0) is 6.54 Å².